The largest absolute Gasteiger partial charge is 0.494 e. The van der Waals surface area contributed by atoms with Crippen LogP contribution in [0.5, 0.6) is 5.75 Å². The molecule has 0 aliphatic carbocycles. The number of aryl methyl sites for hydroxylation is 1. The molecule has 1 fully saturated rings. The summed E-state index contributed by atoms with van der Waals surface area (Å²) in [7, 11) is 1.42. The van der Waals surface area contributed by atoms with E-state index in [4.69, 9.17) is 4.74 Å². The fourth-order valence-corrected chi connectivity index (χ4v) is 4.30. The molecule has 8 heteroatoms. The van der Waals surface area contributed by atoms with E-state index in [0.717, 1.165) is 22.6 Å². The highest BCUT2D eigenvalue weighted by atomic mass is 19.1. The van der Waals surface area contributed by atoms with Gasteiger partial charge >= 0.3 is 0 Å². The Labute approximate surface area is 186 Å². The Kier molecular flexibility index (Phi) is 6.12. The number of hydrogen-bond donors (Lipinski definition) is 2. The number of nitrogens with one attached hydrogen (secondary N) is 2. The molecule has 4 rings (SSSR count). The van der Waals surface area contributed by atoms with E-state index >= 15 is 0 Å². The van der Waals surface area contributed by atoms with Gasteiger partial charge in [-0.25, -0.2) is 9.37 Å². The normalized spacial score (nSPS) is 18.0. The number of imidazole rings is 1. The molecule has 1 atom stereocenters. The summed E-state index contributed by atoms with van der Waals surface area (Å²) in [6.07, 6.45) is 4.24. The zero-order valence-corrected chi connectivity index (χ0v) is 18.3. The molecule has 2 N–H and O–H groups in total. The average molecular weight is 439 g/mol. The van der Waals surface area contributed by atoms with Gasteiger partial charge in [-0.1, -0.05) is 12.1 Å². The highest BCUT2D eigenvalue weighted by Crippen LogP contribution is 2.31. The number of rotatable bonds is 8. The fourth-order valence-electron chi connectivity index (χ4n) is 4.30. The molecular weight excluding hydrogens is 411 g/mol. The van der Waals surface area contributed by atoms with Crippen molar-refractivity contribution in [2.45, 2.75) is 51.1 Å². The monoisotopic (exact) mass is 438 g/mol. The van der Waals surface area contributed by atoms with E-state index in [9.17, 15) is 14.0 Å². The zero-order chi connectivity index (χ0) is 22.7. The summed E-state index contributed by atoms with van der Waals surface area (Å²) in [4.78, 5) is 29.1. The second-order valence-corrected chi connectivity index (χ2v) is 8.38. The maximum Gasteiger partial charge on any atom is 0.220 e. The first-order chi connectivity index (χ1) is 15.4. The number of fused-ring (bicyclic) bond motifs is 1. The summed E-state index contributed by atoms with van der Waals surface area (Å²) in [5.74, 6) is -0.389. The Morgan fingerprint density at radius 2 is 2.19 bits per heavy atom. The van der Waals surface area contributed by atoms with E-state index in [1.54, 1.807) is 12.1 Å². The topological polar surface area (TPSA) is 84.7 Å². The third-order valence-corrected chi connectivity index (χ3v) is 6.04. The molecule has 7 nitrogen and oxygen atoms in total. The molecular formula is C24H27FN4O3. The second-order valence-electron chi connectivity index (χ2n) is 8.38. The van der Waals surface area contributed by atoms with Gasteiger partial charge in [0.15, 0.2) is 11.6 Å². The van der Waals surface area contributed by atoms with Gasteiger partial charge in [-0.05, 0) is 56.0 Å². The molecule has 1 saturated heterocycles. The quantitative estimate of drug-likeness (QED) is 0.566. The number of methoxy groups -OCH3 is 1. The molecule has 2 amide bonds. The van der Waals surface area contributed by atoms with Crippen LogP contribution in [0.1, 0.15) is 42.6 Å². The SMILES string of the molecule is COc1cc(CC2(CCC(=O)NCc3cn4c(C)cccc4n3)CCC(=O)N2)ccc1F. The number of benzene rings is 1. The first-order valence-corrected chi connectivity index (χ1v) is 10.7. The number of carbonyl (C=O) groups excluding carboxylic acids is 2. The molecule has 1 aliphatic rings. The highest BCUT2D eigenvalue weighted by molar-refractivity contribution is 5.80. The molecule has 0 spiro atoms. The van der Waals surface area contributed by atoms with Crippen molar-refractivity contribution in [3.63, 3.8) is 0 Å². The summed E-state index contributed by atoms with van der Waals surface area (Å²) < 4.78 is 20.8. The number of aromatic nitrogens is 2. The van der Waals surface area contributed by atoms with Crippen LogP contribution in [0.2, 0.25) is 0 Å². The van der Waals surface area contributed by atoms with Gasteiger partial charge in [-0.3, -0.25) is 9.59 Å². The third-order valence-electron chi connectivity index (χ3n) is 6.04. The molecule has 2 aromatic heterocycles. The number of ether oxygens (including phenoxy) is 1. The van der Waals surface area contributed by atoms with Gasteiger partial charge in [-0.15, -0.1) is 0 Å². The summed E-state index contributed by atoms with van der Waals surface area (Å²) in [6, 6.07) is 10.6. The van der Waals surface area contributed by atoms with Crippen LogP contribution >= 0.6 is 0 Å². The summed E-state index contributed by atoms with van der Waals surface area (Å²) in [6.45, 7) is 2.34. The lowest BCUT2D eigenvalue weighted by atomic mass is 9.85. The molecule has 168 valence electrons. The summed E-state index contributed by atoms with van der Waals surface area (Å²) in [5.41, 5.74) is 3.03. The van der Waals surface area contributed by atoms with Crippen LogP contribution in [-0.2, 0) is 22.6 Å². The van der Waals surface area contributed by atoms with E-state index in [1.807, 2.05) is 35.7 Å². The summed E-state index contributed by atoms with van der Waals surface area (Å²) in [5, 5.41) is 5.98. The van der Waals surface area contributed by atoms with E-state index < -0.39 is 11.4 Å². The lowest BCUT2D eigenvalue weighted by Crippen LogP contribution is -2.44. The van der Waals surface area contributed by atoms with Crippen molar-refractivity contribution in [2.75, 3.05) is 7.11 Å². The van der Waals surface area contributed by atoms with Crippen molar-refractivity contribution < 1.29 is 18.7 Å². The molecule has 0 radical (unpaired) electrons. The minimum absolute atomic E-state index is 0.0282. The van der Waals surface area contributed by atoms with Crippen LogP contribution in [0.3, 0.4) is 0 Å². The predicted molar refractivity (Wildman–Crippen MR) is 118 cm³/mol. The molecule has 1 aromatic carbocycles. The third kappa shape index (κ3) is 4.74. The molecule has 3 aromatic rings. The van der Waals surface area contributed by atoms with Gasteiger partial charge in [0.25, 0.3) is 0 Å². The minimum Gasteiger partial charge on any atom is -0.494 e. The maximum atomic E-state index is 13.8. The van der Waals surface area contributed by atoms with E-state index in [-0.39, 0.29) is 24.0 Å². The Balaban J connectivity index is 1.38. The van der Waals surface area contributed by atoms with Crippen LogP contribution in [-0.4, -0.2) is 33.8 Å². The highest BCUT2D eigenvalue weighted by Gasteiger charge is 2.38. The number of pyridine rings is 1. The van der Waals surface area contributed by atoms with E-state index in [0.29, 0.717) is 32.2 Å². The lowest BCUT2D eigenvalue weighted by Gasteiger charge is -2.29. The van der Waals surface area contributed by atoms with Crippen LogP contribution in [0.4, 0.5) is 4.39 Å². The van der Waals surface area contributed by atoms with Crippen molar-refractivity contribution in [2.24, 2.45) is 0 Å². The molecule has 32 heavy (non-hydrogen) atoms. The Morgan fingerprint density at radius 1 is 1.34 bits per heavy atom. The van der Waals surface area contributed by atoms with Crippen molar-refractivity contribution in [1.82, 2.24) is 20.0 Å². The Morgan fingerprint density at radius 3 is 2.91 bits per heavy atom. The number of carbonyl (C=O) groups is 2. The van der Waals surface area contributed by atoms with E-state index in [1.165, 1.54) is 13.2 Å². The van der Waals surface area contributed by atoms with Crippen LogP contribution in [0.15, 0.2) is 42.6 Å². The zero-order valence-electron chi connectivity index (χ0n) is 18.3. The van der Waals surface area contributed by atoms with Gasteiger partial charge in [0.1, 0.15) is 5.65 Å². The first-order valence-electron chi connectivity index (χ1n) is 10.7. The van der Waals surface area contributed by atoms with Gasteiger partial charge in [0.05, 0.1) is 19.3 Å². The standard InChI is InChI=1S/C24H27FN4O3/c1-16-4-3-5-21-27-18(15-29(16)21)14-26-22(30)8-10-24(11-9-23(31)28-24)13-17-6-7-19(25)20(12-17)32-2/h3-7,12,15H,8-11,13-14H2,1-2H3,(H,26,30)(H,28,31). The molecule has 0 saturated carbocycles. The number of hydrogen-bond acceptors (Lipinski definition) is 4. The molecule has 1 unspecified atom stereocenters. The van der Waals surface area contributed by atoms with Gasteiger partial charge in [0.2, 0.25) is 11.8 Å². The summed E-state index contributed by atoms with van der Waals surface area (Å²) >= 11 is 0. The van der Waals surface area contributed by atoms with Crippen molar-refractivity contribution in [3.05, 3.63) is 65.4 Å². The van der Waals surface area contributed by atoms with Gasteiger partial charge in [0, 0.05) is 30.3 Å². The molecule has 3 heterocycles. The van der Waals surface area contributed by atoms with Crippen LogP contribution in [0, 0.1) is 12.7 Å². The minimum atomic E-state index is -0.530. The second kappa shape index (κ2) is 8.98. The van der Waals surface area contributed by atoms with Crippen molar-refractivity contribution in [3.8, 4) is 5.75 Å². The maximum absolute atomic E-state index is 13.8. The van der Waals surface area contributed by atoms with Gasteiger partial charge < -0.3 is 19.8 Å². The molecule has 0 bridgehead atoms. The average Bonchev–Trinajstić information content (AvgIpc) is 3.36. The fraction of sp³-hybridized carbons (Fsp3) is 0.375. The first kappa shape index (κ1) is 21.8. The van der Waals surface area contributed by atoms with E-state index in [2.05, 4.69) is 15.6 Å². The van der Waals surface area contributed by atoms with Crippen LogP contribution in [0.25, 0.3) is 5.65 Å². The Bertz CT molecular complexity index is 1160. The lowest BCUT2D eigenvalue weighted by molar-refractivity contribution is -0.122. The van der Waals surface area contributed by atoms with Crippen molar-refractivity contribution >= 4 is 17.5 Å². The number of halogens is 1. The number of amides is 2. The number of nitrogens with zero attached hydrogens (tertiary/aromatic N) is 2. The van der Waals surface area contributed by atoms with Crippen LogP contribution < -0.4 is 15.4 Å². The smallest absolute Gasteiger partial charge is 0.220 e. The predicted octanol–water partition coefficient (Wildman–Crippen LogP) is 3.08. The van der Waals surface area contributed by atoms with Crippen molar-refractivity contribution in [1.29, 1.82) is 0 Å². The molecule has 1 aliphatic heterocycles. The van der Waals surface area contributed by atoms with Gasteiger partial charge in [-0.2, -0.15) is 0 Å². The Hall–Kier alpha value is -3.42.